The van der Waals surface area contributed by atoms with Crippen LogP contribution in [-0.4, -0.2) is 25.1 Å². The van der Waals surface area contributed by atoms with Gasteiger partial charge in [0.2, 0.25) is 0 Å². The summed E-state index contributed by atoms with van der Waals surface area (Å²) in [6, 6.07) is 6.15. The molecular formula is C13H17NOS. The zero-order chi connectivity index (χ0) is 11.4. The monoisotopic (exact) mass is 235 g/mol. The van der Waals surface area contributed by atoms with Crippen LogP contribution in [0.2, 0.25) is 0 Å². The fraction of sp³-hybridized carbons (Fsp3) is 0.462. The predicted molar refractivity (Wildman–Crippen MR) is 68.4 cm³/mol. The highest BCUT2D eigenvalue weighted by atomic mass is 32.2. The second kappa shape index (κ2) is 5.51. The first kappa shape index (κ1) is 11.7. The van der Waals surface area contributed by atoms with Gasteiger partial charge >= 0.3 is 0 Å². The van der Waals surface area contributed by atoms with E-state index in [4.69, 9.17) is 0 Å². The minimum atomic E-state index is 0.243. The summed E-state index contributed by atoms with van der Waals surface area (Å²) >= 11 is 1.90. The van der Waals surface area contributed by atoms with Crippen LogP contribution in [0, 0.1) is 0 Å². The van der Waals surface area contributed by atoms with Crippen molar-refractivity contribution in [2.75, 3.05) is 19.3 Å². The lowest BCUT2D eigenvalue weighted by Gasteiger charge is -2.15. The molecule has 2 nitrogen and oxygen atoms in total. The molecule has 1 aliphatic rings. The van der Waals surface area contributed by atoms with E-state index in [1.807, 2.05) is 24.9 Å². The molecule has 1 aromatic carbocycles. The molecule has 1 aromatic rings. The molecule has 0 amide bonds. The van der Waals surface area contributed by atoms with Crippen LogP contribution < -0.4 is 5.32 Å². The second-order valence-corrected chi connectivity index (χ2v) is 5.19. The minimum absolute atomic E-state index is 0.243. The van der Waals surface area contributed by atoms with E-state index in [0.29, 0.717) is 6.42 Å². The number of thioether (sulfide) groups is 1. The lowest BCUT2D eigenvalue weighted by Crippen LogP contribution is -2.13. The van der Waals surface area contributed by atoms with E-state index in [2.05, 4.69) is 17.4 Å². The van der Waals surface area contributed by atoms with Crippen LogP contribution in [-0.2, 0) is 6.42 Å². The predicted octanol–water partition coefficient (Wildman–Crippen LogP) is 2.52. The maximum atomic E-state index is 11.8. The maximum absolute atomic E-state index is 11.8. The van der Waals surface area contributed by atoms with Crippen molar-refractivity contribution in [3.05, 3.63) is 29.3 Å². The van der Waals surface area contributed by atoms with Crippen molar-refractivity contribution in [3.8, 4) is 0 Å². The van der Waals surface area contributed by atoms with Gasteiger partial charge in [0.1, 0.15) is 0 Å². The Hall–Kier alpha value is -0.800. The Morgan fingerprint density at radius 1 is 1.50 bits per heavy atom. The van der Waals surface area contributed by atoms with Gasteiger partial charge in [0.25, 0.3) is 0 Å². The lowest BCUT2D eigenvalue weighted by atomic mass is 10.0. The zero-order valence-electron chi connectivity index (χ0n) is 9.58. The Morgan fingerprint density at radius 3 is 3.19 bits per heavy atom. The van der Waals surface area contributed by atoms with Gasteiger partial charge in [-0.3, -0.25) is 4.79 Å². The highest BCUT2D eigenvalue weighted by molar-refractivity contribution is 7.99. The quantitative estimate of drug-likeness (QED) is 0.813. The summed E-state index contributed by atoms with van der Waals surface area (Å²) < 4.78 is 0. The molecule has 2 rings (SSSR count). The van der Waals surface area contributed by atoms with Gasteiger partial charge in [0.15, 0.2) is 5.78 Å². The topological polar surface area (TPSA) is 29.1 Å². The average molecular weight is 235 g/mol. The Morgan fingerprint density at radius 2 is 2.38 bits per heavy atom. The molecule has 0 atom stereocenters. The van der Waals surface area contributed by atoms with Crippen molar-refractivity contribution in [1.29, 1.82) is 0 Å². The molecule has 1 aliphatic heterocycles. The van der Waals surface area contributed by atoms with Crippen molar-refractivity contribution in [2.24, 2.45) is 0 Å². The molecule has 0 fully saturated rings. The summed E-state index contributed by atoms with van der Waals surface area (Å²) in [4.78, 5) is 13.2. The Bertz CT molecular complexity index is 390. The number of fused-ring (bicyclic) bond motifs is 1. The summed E-state index contributed by atoms with van der Waals surface area (Å²) in [7, 11) is 1.87. The van der Waals surface area contributed by atoms with Gasteiger partial charge < -0.3 is 5.32 Å². The number of carbonyl (C=O) groups excluding carboxylic acids is 1. The van der Waals surface area contributed by atoms with Crippen LogP contribution in [0.3, 0.4) is 0 Å². The van der Waals surface area contributed by atoms with E-state index in [1.165, 1.54) is 22.6 Å². The van der Waals surface area contributed by atoms with E-state index in [-0.39, 0.29) is 5.78 Å². The fourth-order valence-electron chi connectivity index (χ4n) is 1.92. The van der Waals surface area contributed by atoms with E-state index in [0.717, 1.165) is 18.5 Å². The highest BCUT2D eigenvalue weighted by Crippen LogP contribution is 2.30. The number of carbonyl (C=O) groups is 1. The van der Waals surface area contributed by atoms with Gasteiger partial charge in [-0.25, -0.2) is 0 Å². The van der Waals surface area contributed by atoms with Crippen LogP contribution in [0.5, 0.6) is 0 Å². The number of benzene rings is 1. The first-order chi connectivity index (χ1) is 7.81. The van der Waals surface area contributed by atoms with Crippen LogP contribution in [0.4, 0.5) is 0 Å². The second-order valence-electron chi connectivity index (χ2n) is 4.05. The highest BCUT2D eigenvalue weighted by Gasteiger charge is 2.12. The van der Waals surface area contributed by atoms with Crippen LogP contribution in [0.1, 0.15) is 28.8 Å². The molecule has 0 aromatic heterocycles. The summed E-state index contributed by atoms with van der Waals surface area (Å²) in [6.07, 6.45) is 2.93. The molecule has 0 radical (unpaired) electrons. The normalized spacial score (nSPS) is 14.6. The molecule has 3 heteroatoms. The van der Waals surface area contributed by atoms with Crippen molar-refractivity contribution >= 4 is 17.5 Å². The van der Waals surface area contributed by atoms with E-state index >= 15 is 0 Å². The van der Waals surface area contributed by atoms with Crippen molar-refractivity contribution < 1.29 is 4.79 Å². The van der Waals surface area contributed by atoms with Gasteiger partial charge in [-0.1, -0.05) is 6.07 Å². The summed E-state index contributed by atoms with van der Waals surface area (Å²) in [5.41, 5.74) is 2.23. The summed E-state index contributed by atoms with van der Waals surface area (Å²) in [5.74, 6) is 1.45. The van der Waals surface area contributed by atoms with E-state index < -0.39 is 0 Å². The van der Waals surface area contributed by atoms with Gasteiger partial charge in [0, 0.05) is 23.4 Å². The zero-order valence-corrected chi connectivity index (χ0v) is 10.4. The number of hydrogen-bond acceptors (Lipinski definition) is 3. The molecule has 0 aliphatic carbocycles. The number of aryl methyl sites for hydroxylation is 1. The van der Waals surface area contributed by atoms with E-state index in [9.17, 15) is 4.79 Å². The minimum Gasteiger partial charge on any atom is -0.319 e. The molecule has 0 bridgehead atoms. The van der Waals surface area contributed by atoms with E-state index in [1.54, 1.807) is 0 Å². The molecule has 1 N–H and O–H groups in total. The van der Waals surface area contributed by atoms with Crippen LogP contribution in [0.15, 0.2) is 23.1 Å². The number of ketones is 1. The third kappa shape index (κ3) is 2.66. The molecule has 0 saturated carbocycles. The number of hydrogen-bond donors (Lipinski definition) is 1. The standard InChI is InChI=1S/C13H17NOS/c1-14-7-6-12(15)10-4-5-13-11(9-10)3-2-8-16-13/h4-5,9,14H,2-3,6-8H2,1H3. The van der Waals surface area contributed by atoms with Gasteiger partial charge in [-0.15, -0.1) is 11.8 Å². The van der Waals surface area contributed by atoms with Crippen molar-refractivity contribution in [2.45, 2.75) is 24.2 Å². The van der Waals surface area contributed by atoms with Gasteiger partial charge in [-0.2, -0.15) is 0 Å². The fourth-order valence-corrected chi connectivity index (χ4v) is 2.94. The number of rotatable bonds is 4. The third-order valence-corrected chi connectivity index (χ3v) is 4.03. The largest absolute Gasteiger partial charge is 0.319 e. The smallest absolute Gasteiger partial charge is 0.164 e. The summed E-state index contributed by atoms with van der Waals surface area (Å²) in [6.45, 7) is 0.755. The molecule has 1 heterocycles. The molecular weight excluding hydrogens is 218 g/mol. The number of Topliss-reactive ketones (excluding diaryl/α,β-unsaturated/α-hetero) is 1. The Balaban J connectivity index is 2.13. The first-order valence-electron chi connectivity index (χ1n) is 5.75. The Labute approximate surface area is 101 Å². The van der Waals surface area contributed by atoms with Gasteiger partial charge in [-0.05, 0) is 43.3 Å². The average Bonchev–Trinajstić information content (AvgIpc) is 2.35. The molecule has 0 unspecified atom stereocenters. The van der Waals surface area contributed by atoms with Crippen molar-refractivity contribution in [1.82, 2.24) is 5.32 Å². The molecule has 16 heavy (non-hydrogen) atoms. The van der Waals surface area contributed by atoms with Gasteiger partial charge in [0.05, 0.1) is 0 Å². The summed E-state index contributed by atoms with van der Waals surface area (Å²) in [5, 5.41) is 3.01. The third-order valence-electron chi connectivity index (χ3n) is 2.83. The Kier molecular flexibility index (Phi) is 4.02. The maximum Gasteiger partial charge on any atom is 0.164 e. The van der Waals surface area contributed by atoms with Crippen LogP contribution in [0.25, 0.3) is 0 Å². The molecule has 86 valence electrons. The molecule has 0 saturated heterocycles. The van der Waals surface area contributed by atoms with Crippen LogP contribution >= 0.6 is 11.8 Å². The number of nitrogens with one attached hydrogen (secondary N) is 1. The molecule has 0 spiro atoms. The van der Waals surface area contributed by atoms with Crippen molar-refractivity contribution in [3.63, 3.8) is 0 Å². The lowest BCUT2D eigenvalue weighted by molar-refractivity contribution is 0.0983. The first-order valence-corrected chi connectivity index (χ1v) is 6.73. The SMILES string of the molecule is CNCCC(=O)c1ccc2c(c1)CCCS2.